The van der Waals surface area contributed by atoms with Crippen LogP contribution in [0.5, 0.6) is 0 Å². The molecule has 0 aliphatic heterocycles. The molecule has 0 aromatic heterocycles. The number of aliphatic carboxylic acids is 1. The summed E-state index contributed by atoms with van der Waals surface area (Å²) >= 11 is 0. The van der Waals surface area contributed by atoms with Gasteiger partial charge in [-0.2, -0.15) is 0 Å². The summed E-state index contributed by atoms with van der Waals surface area (Å²) < 4.78 is 28.4. The lowest BCUT2D eigenvalue weighted by Gasteiger charge is -2.62. The van der Waals surface area contributed by atoms with E-state index in [4.69, 9.17) is 5.11 Å². The van der Waals surface area contributed by atoms with Crippen LogP contribution < -0.4 is 4.72 Å². The third-order valence-corrected chi connectivity index (χ3v) is 8.14. The summed E-state index contributed by atoms with van der Waals surface area (Å²) in [5.41, 5.74) is 1.11. The standard InChI is InChI=1S/C24H33NO4S/c1-24(2)19-16-21(24)20(12-8-3-4-9-13-23(26)27)22(17-19)25-30(28,29)15-14-18-10-6-5-7-11-18/h3,5-8,10-11,14-15,19-22,25H,4,9,12-13,16-17H2,1-2H3,(H,26,27)/b8-3+,15-14+/t19-,20+,21+,22+/m1/s1. The van der Waals surface area contributed by atoms with E-state index in [0.29, 0.717) is 18.3 Å². The Hall–Kier alpha value is -1.92. The smallest absolute Gasteiger partial charge is 0.303 e. The van der Waals surface area contributed by atoms with Crippen molar-refractivity contribution in [2.24, 2.45) is 23.2 Å². The molecule has 0 unspecified atom stereocenters. The second-order valence-electron chi connectivity index (χ2n) is 9.24. The second kappa shape index (κ2) is 9.48. The zero-order valence-corrected chi connectivity index (χ0v) is 18.6. The molecular formula is C24H33NO4S. The van der Waals surface area contributed by atoms with E-state index in [2.05, 4.69) is 24.6 Å². The summed E-state index contributed by atoms with van der Waals surface area (Å²) in [6.45, 7) is 4.60. The van der Waals surface area contributed by atoms with Crippen molar-refractivity contribution in [1.29, 1.82) is 0 Å². The first-order valence-corrected chi connectivity index (χ1v) is 12.4. The van der Waals surface area contributed by atoms with Gasteiger partial charge in [-0.15, -0.1) is 0 Å². The molecule has 3 aliphatic rings. The fourth-order valence-corrected chi connectivity index (χ4v) is 6.24. The lowest BCUT2D eigenvalue weighted by Crippen LogP contribution is -2.61. The van der Waals surface area contributed by atoms with Crippen molar-refractivity contribution in [2.75, 3.05) is 0 Å². The summed E-state index contributed by atoms with van der Waals surface area (Å²) in [5.74, 6) is 0.561. The van der Waals surface area contributed by atoms with E-state index in [1.165, 1.54) is 11.8 Å². The number of sulfonamides is 1. The van der Waals surface area contributed by atoms with Crippen LogP contribution in [0, 0.1) is 23.2 Å². The Bertz CT molecular complexity index is 889. The maximum atomic E-state index is 12.7. The van der Waals surface area contributed by atoms with Gasteiger partial charge in [-0.3, -0.25) is 4.79 Å². The Morgan fingerprint density at radius 2 is 1.93 bits per heavy atom. The highest BCUT2D eigenvalue weighted by Gasteiger charge is 2.57. The van der Waals surface area contributed by atoms with Crippen LogP contribution in [-0.4, -0.2) is 25.5 Å². The molecule has 0 spiro atoms. The first kappa shape index (κ1) is 22.8. The number of carbonyl (C=O) groups is 1. The van der Waals surface area contributed by atoms with Crippen molar-refractivity contribution in [2.45, 2.75) is 58.4 Å². The third-order valence-electron chi connectivity index (χ3n) is 7.01. The van der Waals surface area contributed by atoms with Crippen molar-refractivity contribution in [3.8, 4) is 0 Å². The van der Waals surface area contributed by atoms with Gasteiger partial charge in [-0.1, -0.05) is 56.3 Å². The van der Waals surface area contributed by atoms with Crippen LogP contribution in [0.1, 0.15) is 57.9 Å². The highest BCUT2D eigenvalue weighted by Crippen LogP contribution is 2.62. The largest absolute Gasteiger partial charge is 0.481 e. The number of nitrogens with one attached hydrogen (secondary N) is 1. The molecule has 2 bridgehead atoms. The molecule has 0 saturated heterocycles. The fourth-order valence-electron chi connectivity index (χ4n) is 5.13. The number of fused-ring (bicyclic) bond motifs is 2. The van der Waals surface area contributed by atoms with Crippen molar-refractivity contribution in [3.05, 3.63) is 53.5 Å². The SMILES string of the molecule is CC1(C)[C@H]2C[C@H](NS(=O)(=O)/C=C/c3ccccc3)[C@@H](C/C=C/CCCC(=O)O)[C@@H]1C2. The Balaban J connectivity index is 1.63. The van der Waals surface area contributed by atoms with Crippen LogP contribution in [0.2, 0.25) is 0 Å². The fraction of sp³-hybridized carbons (Fsp3) is 0.542. The van der Waals surface area contributed by atoms with E-state index >= 15 is 0 Å². The predicted octanol–water partition coefficient (Wildman–Crippen LogP) is 4.83. The summed E-state index contributed by atoms with van der Waals surface area (Å²) in [4.78, 5) is 10.6. The van der Waals surface area contributed by atoms with E-state index in [1.54, 1.807) is 6.08 Å². The summed E-state index contributed by atoms with van der Waals surface area (Å²) in [6.07, 6.45) is 10.2. The predicted molar refractivity (Wildman–Crippen MR) is 120 cm³/mol. The van der Waals surface area contributed by atoms with Crippen molar-refractivity contribution < 1.29 is 18.3 Å². The van der Waals surface area contributed by atoms with E-state index in [1.807, 2.05) is 36.4 Å². The minimum Gasteiger partial charge on any atom is -0.481 e. The van der Waals surface area contributed by atoms with E-state index in [-0.39, 0.29) is 23.8 Å². The Kier molecular flexibility index (Phi) is 7.19. The van der Waals surface area contributed by atoms with Gasteiger partial charge in [0.05, 0.1) is 0 Å². The normalized spacial score (nSPS) is 27.9. The number of rotatable bonds is 10. The number of unbranched alkanes of at least 4 members (excludes halogenated alkanes) is 1. The molecule has 1 aromatic carbocycles. The molecule has 0 heterocycles. The van der Waals surface area contributed by atoms with Crippen LogP contribution in [-0.2, 0) is 14.8 Å². The summed E-state index contributed by atoms with van der Waals surface area (Å²) in [5, 5.41) is 10.0. The summed E-state index contributed by atoms with van der Waals surface area (Å²) in [6, 6.07) is 9.37. The minimum absolute atomic E-state index is 0.0594. The van der Waals surface area contributed by atoms with E-state index in [9.17, 15) is 13.2 Å². The maximum absolute atomic E-state index is 12.7. The number of allylic oxidation sites excluding steroid dienone is 2. The molecule has 0 radical (unpaired) electrons. The molecule has 5 nitrogen and oxygen atoms in total. The molecule has 30 heavy (non-hydrogen) atoms. The van der Waals surface area contributed by atoms with Gasteiger partial charge in [0.15, 0.2) is 0 Å². The second-order valence-corrected chi connectivity index (χ2v) is 10.8. The van der Waals surface area contributed by atoms with Gasteiger partial charge in [-0.05, 0) is 66.9 Å². The van der Waals surface area contributed by atoms with Gasteiger partial charge in [0, 0.05) is 17.9 Å². The molecule has 1 aromatic rings. The molecule has 2 N–H and O–H groups in total. The molecule has 4 atom stereocenters. The maximum Gasteiger partial charge on any atom is 0.303 e. The van der Waals surface area contributed by atoms with E-state index < -0.39 is 16.0 Å². The molecule has 6 heteroatoms. The number of benzene rings is 1. The summed E-state index contributed by atoms with van der Waals surface area (Å²) in [7, 11) is -3.52. The number of hydrogen-bond donors (Lipinski definition) is 2. The number of carboxylic acid groups (broad SMARTS) is 1. The van der Waals surface area contributed by atoms with Crippen molar-refractivity contribution >= 4 is 22.1 Å². The van der Waals surface area contributed by atoms with Crippen LogP contribution >= 0.6 is 0 Å². The Labute approximate surface area is 180 Å². The Morgan fingerprint density at radius 1 is 1.20 bits per heavy atom. The minimum atomic E-state index is -3.52. The first-order chi connectivity index (χ1) is 14.2. The molecule has 164 valence electrons. The zero-order chi connectivity index (χ0) is 21.8. The van der Waals surface area contributed by atoms with Gasteiger partial charge in [-0.25, -0.2) is 13.1 Å². The lowest BCUT2D eigenvalue weighted by molar-refractivity contribution is -0.137. The quantitative estimate of drug-likeness (QED) is 0.411. The van der Waals surface area contributed by atoms with E-state index in [0.717, 1.165) is 24.8 Å². The molecule has 3 aliphatic carbocycles. The van der Waals surface area contributed by atoms with Gasteiger partial charge in [0.1, 0.15) is 0 Å². The molecule has 4 rings (SSSR count). The van der Waals surface area contributed by atoms with Gasteiger partial charge in [0.25, 0.3) is 0 Å². The van der Waals surface area contributed by atoms with Crippen LogP contribution in [0.4, 0.5) is 0 Å². The van der Waals surface area contributed by atoms with Crippen LogP contribution in [0.15, 0.2) is 47.9 Å². The van der Waals surface area contributed by atoms with Crippen molar-refractivity contribution in [1.82, 2.24) is 4.72 Å². The first-order valence-electron chi connectivity index (χ1n) is 10.8. The molecule has 0 amide bonds. The third kappa shape index (κ3) is 5.61. The lowest BCUT2D eigenvalue weighted by atomic mass is 9.44. The van der Waals surface area contributed by atoms with Crippen LogP contribution in [0.25, 0.3) is 6.08 Å². The molecule has 3 fully saturated rings. The molecule has 3 saturated carbocycles. The van der Waals surface area contributed by atoms with Gasteiger partial charge < -0.3 is 5.11 Å². The van der Waals surface area contributed by atoms with Crippen molar-refractivity contribution in [3.63, 3.8) is 0 Å². The topological polar surface area (TPSA) is 83.5 Å². The van der Waals surface area contributed by atoms with Gasteiger partial charge in [0.2, 0.25) is 10.0 Å². The zero-order valence-electron chi connectivity index (χ0n) is 17.8. The van der Waals surface area contributed by atoms with Gasteiger partial charge >= 0.3 is 5.97 Å². The number of hydrogen-bond acceptors (Lipinski definition) is 3. The highest BCUT2D eigenvalue weighted by molar-refractivity contribution is 7.92. The molecular weight excluding hydrogens is 398 g/mol. The Morgan fingerprint density at radius 3 is 2.60 bits per heavy atom. The average Bonchev–Trinajstić information content (AvgIpc) is 2.70. The van der Waals surface area contributed by atoms with Crippen LogP contribution in [0.3, 0.4) is 0 Å². The number of carboxylic acids is 1. The average molecular weight is 432 g/mol. The highest BCUT2D eigenvalue weighted by atomic mass is 32.2. The monoisotopic (exact) mass is 431 g/mol.